The molecular formula is C18H32N2O3. The zero-order valence-electron chi connectivity index (χ0n) is 14.5. The summed E-state index contributed by atoms with van der Waals surface area (Å²) in [4.78, 5) is 14.8. The molecule has 5 heteroatoms. The van der Waals surface area contributed by atoms with E-state index in [1.807, 2.05) is 7.11 Å². The van der Waals surface area contributed by atoms with E-state index in [2.05, 4.69) is 10.2 Å². The van der Waals surface area contributed by atoms with Crippen LogP contribution in [0.5, 0.6) is 0 Å². The molecule has 2 saturated carbocycles. The smallest absolute Gasteiger partial charge is 0.410 e. The third kappa shape index (κ3) is 4.60. The Morgan fingerprint density at radius 2 is 1.70 bits per heavy atom. The Kier molecular flexibility index (Phi) is 6.17. The van der Waals surface area contributed by atoms with E-state index in [-0.39, 0.29) is 12.2 Å². The molecule has 0 unspecified atom stereocenters. The van der Waals surface area contributed by atoms with Gasteiger partial charge in [0.1, 0.15) is 6.10 Å². The Balaban J connectivity index is 1.56. The number of amides is 1. The van der Waals surface area contributed by atoms with Crippen molar-refractivity contribution in [3.05, 3.63) is 0 Å². The van der Waals surface area contributed by atoms with Gasteiger partial charge in [-0.15, -0.1) is 0 Å². The highest BCUT2D eigenvalue weighted by Gasteiger charge is 2.33. The molecule has 3 aliphatic rings. The number of rotatable bonds is 5. The molecule has 1 amide bonds. The summed E-state index contributed by atoms with van der Waals surface area (Å²) < 4.78 is 11.2. The molecule has 1 N–H and O–H groups in total. The highest BCUT2D eigenvalue weighted by molar-refractivity contribution is 5.68. The molecule has 3 fully saturated rings. The zero-order chi connectivity index (χ0) is 16.1. The van der Waals surface area contributed by atoms with Crippen molar-refractivity contribution in [3.63, 3.8) is 0 Å². The van der Waals surface area contributed by atoms with Gasteiger partial charge in [-0.1, -0.05) is 0 Å². The number of nitrogens with one attached hydrogen (secondary N) is 1. The van der Waals surface area contributed by atoms with Crippen LogP contribution in [-0.2, 0) is 9.47 Å². The van der Waals surface area contributed by atoms with Gasteiger partial charge in [-0.25, -0.2) is 4.79 Å². The van der Waals surface area contributed by atoms with E-state index >= 15 is 0 Å². The van der Waals surface area contributed by atoms with E-state index < -0.39 is 0 Å². The van der Waals surface area contributed by atoms with Gasteiger partial charge in [-0.05, 0) is 76.8 Å². The zero-order valence-corrected chi connectivity index (χ0v) is 14.5. The molecule has 0 bridgehead atoms. The number of methoxy groups -OCH3 is 1. The maximum absolute atomic E-state index is 12.7. The quantitative estimate of drug-likeness (QED) is 0.845. The van der Waals surface area contributed by atoms with Gasteiger partial charge in [0, 0.05) is 19.7 Å². The van der Waals surface area contributed by atoms with Crippen LogP contribution >= 0.6 is 0 Å². The van der Waals surface area contributed by atoms with Gasteiger partial charge in [0.25, 0.3) is 0 Å². The molecule has 1 heterocycles. The largest absolute Gasteiger partial charge is 0.446 e. The molecule has 0 atom stereocenters. The first-order valence-electron chi connectivity index (χ1n) is 9.47. The second-order valence-electron chi connectivity index (χ2n) is 7.45. The van der Waals surface area contributed by atoms with Crippen molar-refractivity contribution in [2.45, 2.75) is 76.0 Å². The first-order chi connectivity index (χ1) is 11.3. The Hall–Kier alpha value is -0.810. The fraction of sp³-hybridized carbons (Fsp3) is 0.944. The molecule has 1 saturated heterocycles. The standard InChI is InChI=1S/C18H32N2O3/c1-22-16-7-5-14(6-8-16)13-20(15-9-11-19-12-10-15)18(21)23-17-3-2-4-17/h14-17,19H,2-13H2,1H3. The van der Waals surface area contributed by atoms with Gasteiger partial charge in [0.15, 0.2) is 0 Å². The average molecular weight is 324 g/mol. The maximum atomic E-state index is 12.7. The monoisotopic (exact) mass is 324 g/mol. The Bertz CT molecular complexity index is 372. The lowest BCUT2D eigenvalue weighted by atomic mass is 9.86. The van der Waals surface area contributed by atoms with Gasteiger partial charge < -0.3 is 19.7 Å². The van der Waals surface area contributed by atoms with Crippen LogP contribution < -0.4 is 5.32 Å². The van der Waals surface area contributed by atoms with Crippen molar-refractivity contribution >= 4 is 6.09 Å². The number of hydrogen-bond acceptors (Lipinski definition) is 4. The van der Waals surface area contributed by atoms with Crippen molar-refractivity contribution in [3.8, 4) is 0 Å². The van der Waals surface area contributed by atoms with Crippen LogP contribution in [0.25, 0.3) is 0 Å². The predicted molar refractivity (Wildman–Crippen MR) is 89.5 cm³/mol. The highest BCUT2D eigenvalue weighted by atomic mass is 16.6. The van der Waals surface area contributed by atoms with Crippen molar-refractivity contribution in [1.29, 1.82) is 0 Å². The summed E-state index contributed by atoms with van der Waals surface area (Å²) in [5.41, 5.74) is 0. The Morgan fingerprint density at radius 3 is 2.26 bits per heavy atom. The molecule has 23 heavy (non-hydrogen) atoms. The lowest BCUT2D eigenvalue weighted by molar-refractivity contribution is 0.00484. The van der Waals surface area contributed by atoms with E-state index in [1.54, 1.807) is 0 Å². The summed E-state index contributed by atoms with van der Waals surface area (Å²) in [6.45, 7) is 2.88. The molecule has 3 rings (SSSR count). The second kappa shape index (κ2) is 8.34. The fourth-order valence-corrected chi connectivity index (χ4v) is 4.02. The number of piperidine rings is 1. The molecular weight excluding hydrogens is 292 g/mol. The lowest BCUT2D eigenvalue weighted by Crippen LogP contribution is -2.49. The Morgan fingerprint density at radius 1 is 1.00 bits per heavy atom. The summed E-state index contributed by atoms with van der Waals surface area (Å²) in [7, 11) is 1.81. The number of hydrogen-bond donors (Lipinski definition) is 1. The molecule has 0 aromatic rings. The Labute approximate surface area is 140 Å². The molecule has 0 aromatic carbocycles. The summed E-state index contributed by atoms with van der Waals surface area (Å²) >= 11 is 0. The van der Waals surface area contributed by atoms with Gasteiger partial charge in [-0.3, -0.25) is 0 Å². The summed E-state index contributed by atoms with van der Waals surface area (Å²) in [5.74, 6) is 0.602. The van der Waals surface area contributed by atoms with E-state index in [4.69, 9.17) is 9.47 Å². The minimum absolute atomic E-state index is 0.0598. The summed E-state index contributed by atoms with van der Waals surface area (Å²) in [6, 6.07) is 0.351. The number of carbonyl (C=O) groups excluding carboxylic acids is 1. The van der Waals surface area contributed by atoms with Gasteiger partial charge in [0.05, 0.1) is 6.10 Å². The van der Waals surface area contributed by atoms with Crippen molar-refractivity contribution in [2.75, 3.05) is 26.7 Å². The third-order valence-electron chi connectivity index (χ3n) is 5.89. The van der Waals surface area contributed by atoms with Crippen LogP contribution in [0, 0.1) is 5.92 Å². The van der Waals surface area contributed by atoms with Gasteiger partial charge >= 0.3 is 6.09 Å². The first-order valence-corrected chi connectivity index (χ1v) is 9.47. The minimum Gasteiger partial charge on any atom is -0.446 e. The predicted octanol–water partition coefficient (Wildman–Crippen LogP) is 2.93. The van der Waals surface area contributed by atoms with E-state index in [1.165, 1.54) is 6.42 Å². The van der Waals surface area contributed by atoms with E-state index in [0.29, 0.717) is 18.1 Å². The molecule has 0 aromatic heterocycles. The van der Waals surface area contributed by atoms with Crippen LogP contribution in [0.15, 0.2) is 0 Å². The topological polar surface area (TPSA) is 50.8 Å². The molecule has 2 aliphatic carbocycles. The second-order valence-corrected chi connectivity index (χ2v) is 7.45. The van der Waals surface area contributed by atoms with Crippen molar-refractivity contribution < 1.29 is 14.3 Å². The van der Waals surface area contributed by atoms with E-state index in [9.17, 15) is 4.79 Å². The van der Waals surface area contributed by atoms with Crippen LogP contribution in [0.3, 0.4) is 0 Å². The minimum atomic E-state index is -0.0598. The van der Waals surface area contributed by atoms with Crippen molar-refractivity contribution in [1.82, 2.24) is 10.2 Å². The number of carbonyl (C=O) groups is 1. The summed E-state index contributed by atoms with van der Waals surface area (Å²) in [6.07, 6.45) is 10.5. The first kappa shape index (κ1) is 17.0. The normalized spacial score (nSPS) is 29.8. The molecule has 0 radical (unpaired) electrons. The van der Waals surface area contributed by atoms with Crippen LogP contribution in [0.4, 0.5) is 4.79 Å². The lowest BCUT2D eigenvalue weighted by Gasteiger charge is -2.39. The molecule has 0 spiro atoms. The van der Waals surface area contributed by atoms with Crippen molar-refractivity contribution in [2.24, 2.45) is 5.92 Å². The van der Waals surface area contributed by atoms with Gasteiger partial charge in [-0.2, -0.15) is 0 Å². The molecule has 132 valence electrons. The number of ether oxygens (including phenoxy) is 2. The fourth-order valence-electron chi connectivity index (χ4n) is 4.02. The molecule has 1 aliphatic heterocycles. The van der Waals surface area contributed by atoms with Crippen LogP contribution in [0.1, 0.15) is 57.8 Å². The molecule has 5 nitrogen and oxygen atoms in total. The number of nitrogens with zero attached hydrogens (tertiary/aromatic N) is 1. The average Bonchev–Trinajstić information content (AvgIpc) is 2.57. The van der Waals surface area contributed by atoms with Gasteiger partial charge in [0.2, 0.25) is 0 Å². The van der Waals surface area contributed by atoms with Crippen LogP contribution in [0.2, 0.25) is 0 Å². The maximum Gasteiger partial charge on any atom is 0.410 e. The van der Waals surface area contributed by atoms with Crippen LogP contribution in [-0.4, -0.2) is 56.0 Å². The SMILES string of the molecule is COC1CCC(CN(C(=O)OC2CCC2)C2CCNCC2)CC1. The highest BCUT2D eigenvalue weighted by Crippen LogP contribution is 2.29. The summed E-state index contributed by atoms with van der Waals surface area (Å²) in [5, 5.41) is 3.39. The third-order valence-corrected chi connectivity index (χ3v) is 5.89. The van der Waals surface area contributed by atoms with E-state index in [0.717, 1.165) is 71.0 Å².